The minimum Gasteiger partial charge on any atom is -0.493 e. The van der Waals surface area contributed by atoms with Crippen LogP contribution in [0.4, 0.5) is 0 Å². The van der Waals surface area contributed by atoms with Gasteiger partial charge in [0.1, 0.15) is 11.1 Å². The normalized spacial score (nSPS) is 15.1. The Morgan fingerprint density at radius 2 is 1.71 bits per heavy atom. The third kappa shape index (κ3) is 4.14. The Balaban J connectivity index is 2.11. The smallest absolute Gasteiger partial charge is 0.342 e. The molecule has 1 aliphatic carbocycles. The fraction of sp³-hybridized carbons (Fsp3) is 0.550. The molecule has 0 spiro atoms. The Morgan fingerprint density at radius 3 is 2.25 bits per heavy atom. The number of nitriles is 1. The number of esters is 1. The van der Waals surface area contributed by atoms with Crippen LogP contribution < -0.4 is 14.2 Å². The summed E-state index contributed by atoms with van der Waals surface area (Å²) < 4.78 is 20.9. The Morgan fingerprint density at radius 1 is 1.07 bits per heavy atom. The molecule has 2 rings (SSSR count). The fourth-order valence-corrected chi connectivity index (χ4v) is 3.46. The molecule has 0 atom stereocenters. The summed E-state index contributed by atoms with van der Waals surface area (Å²) in [4.78, 5) is 26.5. The largest absolute Gasteiger partial charge is 0.493 e. The molecule has 0 aliphatic heterocycles. The lowest BCUT2D eigenvalue weighted by atomic mass is 9.81. The van der Waals surface area contributed by atoms with E-state index in [1.54, 1.807) is 13.1 Å². The molecule has 8 nitrogen and oxygen atoms in total. The average molecular weight is 390 g/mol. The van der Waals surface area contributed by atoms with Crippen molar-refractivity contribution in [2.75, 3.05) is 35.0 Å². The van der Waals surface area contributed by atoms with Gasteiger partial charge in [-0.05, 0) is 25.0 Å². The highest BCUT2D eigenvalue weighted by molar-refractivity contribution is 5.95. The molecule has 0 bridgehead atoms. The van der Waals surface area contributed by atoms with Crippen LogP contribution in [0.25, 0.3) is 0 Å². The number of carbonyl (C=O) groups is 2. The number of rotatable bonds is 7. The van der Waals surface area contributed by atoms with Gasteiger partial charge in [-0.15, -0.1) is 0 Å². The van der Waals surface area contributed by atoms with Gasteiger partial charge in [-0.2, -0.15) is 5.26 Å². The summed E-state index contributed by atoms with van der Waals surface area (Å²) >= 11 is 0. The molecule has 0 radical (unpaired) electrons. The molecule has 28 heavy (non-hydrogen) atoms. The molecular weight excluding hydrogens is 364 g/mol. The predicted molar refractivity (Wildman–Crippen MR) is 101 cm³/mol. The second-order valence-corrected chi connectivity index (χ2v) is 6.61. The van der Waals surface area contributed by atoms with E-state index in [2.05, 4.69) is 6.07 Å². The molecule has 0 aromatic heterocycles. The molecule has 152 valence electrons. The lowest BCUT2D eigenvalue weighted by molar-refractivity contribution is -0.138. The number of amides is 1. The monoisotopic (exact) mass is 390 g/mol. The maximum absolute atomic E-state index is 12.5. The summed E-state index contributed by atoms with van der Waals surface area (Å²) in [7, 11) is 5.88. The van der Waals surface area contributed by atoms with Crippen molar-refractivity contribution < 1.29 is 28.5 Å². The van der Waals surface area contributed by atoms with Crippen LogP contribution in [-0.4, -0.2) is 57.3 Å². The average Bonchev–Trinajstić information content (AvgIpc) is 2.75. The van der Waals surface area contributed by atoms with Crippen LogP contribution in [-0.2, 0) is 9.53 Å². The van der Waals surface area contributed by atoms with Crippen LogP contribution in [0.5, 0.6) is 17.2 Å². The summed E-state index contributed by atoms with van der Waals surface area (Å²) in [6.07, 6.45) is 4.10. The van der Waals surface area contributed by atoms with E-state index in [-0.39, 0.29) is 17.1 Å². The van der Waals surface area contributed by atoms with Crippen molar-refractivity contribution in [1.82, 2.24) is 4.90 Å². The Labute approximate surface area is 164 Å². The van der Waals surface area contributed by atoms with E-state index in [1.807, 2.05) is 0 Å². The van der Waals surface area contributed by atoms with Crippen molar-refractivity contribution in [3.05, 3.63) is 17.7 Å². The number of ether oxygens (including phenoxy) is 4. The van der Waals surface area contributed by atoms with Gasteiger partial charge in [0.25, 0.3) is 5.91 Å². The molecule has 1 saturated carbocycles. The predicted octanol–water partition coefficient (Wildman–Crippen LogP) is 2.55. The van der Waals surface area contributed by atoms with Crippen LogP contribution in [0, 0.1) is 11.3 Å². The molecule has 0 N–H and O–H groups in total. The first-order valence-electron chi connectivity index (χ1n) is 9.08. The van der Waals surface area contributed by atoms with E-state index in [4.69, 9.17) is 18.9 Å². The van der Waals surface area contributed by atoms with Gasteiger partial charge in [0.2, 0.25) is 5.75 Å². The number of nitrogens with zero attached hydrogens (tertiary/aromatic N) is 2. The van der Waals surface area contributed by atoms with E-state index in [0.717, 1.165) is 19.3 Å². The van der Waals surface area contributed by atoms with Gasteiger partial charge < -0.3 is 23.8 Å². The molecule has 8 heteroatoms. The third-order valence-corrected chi connectivity index (χ3v) is 5.16. The third-order valence-electron chi connectivity index (χ3n) is 5.16. The van der Waals surface area contributed by atoms with E-state index in [0.29, 0.717) is 18.6 Å². The van der Waals surface area contributed by atoms with Crippen molar-refractivity contribution >= 4 is 11.9 Å². The highest BCUT2D eigenvalue weighted by atomic mass is 16.5. The maximum Gasteiger partial charge on any atom is 0.342 e. The van der Waals surface area contributed by atoms with Gasteiger partial charge in [-0.3, -0.25) is 4.79 Å². The summed E-state index contributed by atoms with van der Waals surface area (Å²) in [5, 5.41) is 9.60. The molecule has 0 unspecified atom stereocenters. The number of likely N-dealkylation sites (N-methyl/N-ethyl adjacent to an activating group) is 1. The summed E-state index contributed by atoms with van der Waals surface area (Å²) in [6.45, 7) is -0.462. The number of hydrogen-bond donors (Lipinski definition) is 0. The maximum atomic E-state index is 12.5. The van der Waals surface area contributed by atoms with E-state index in [1.165, 1.54) is 32.3 Å². The SMILES string of the molecule is COc1ccc(C(=O)OCC(=O)N(C)C2(C#N)CCCCC2)c(OC)c1OC. The van der Waals surface area contributed by atoms with Crippen LogP contribution in [0.1, 0.15) is 42.5 Å². The summed E-state index contributed by atoms with van der Waals surface area (Å²) in [5.41, 5.74) is -0.716. The Hall–Kier alpha value is -2.95. The van der Waals surface area contributed by atoms with Gasteiger partial charge >= 0.3 is 5.97 Å². The zero-order valence-electron chi connectivity index (χ0n) is 16.7. The van der Waals surface area contributed by atoms with Crippen molar-refractivity contribution in [3.8, 4) is 23.3 Å². The summed E-state index contributed by atoms with van der Waals surface area (Å²) in [6, 6.07) is 5.31. The second-order valence-electron chi connectivity index (χ2n) is 6.61. The van der Waals surface area contributed by atoms with Crippen molar-refractivity contribution in [3.63, 3.8) is 0 Å². The molecule has 1 aliphatic rings. The van der Waals surface area contributed by atoms with Gasteiger partial charge in [-0.25, -0.2) is 4.79 Å². The highest BCUT2D eigenvalue weighted by Crippen LogP contribution is 2.40. The number of hydrogen-bond acceptors (Lipinski definition) is 7. The number of carbonyl (C=O) groups excluding carboxylic acids is 2. The Bertz CT molecular complexity index is 765. The minimum absolute atomic E-state index is 0.114. The number of methoxy groups -OCH3 is 3. The van der Waals surface area contributed by atoms with E-state index >= 15 is 0 Å². The van der Waals surface area contributed by atoms with Gasteiger partial charge in [0.05, 0.1) is 27.4 Å². The lowest BCUT2D eigenvalue weighted by Gasteiger charge is -2.38. The highest BCUT2D eigenvalue weighted by Gasteiger charge is 2.39. The first-order chi connectivity index (χ1) is 13.4. The Kier molecular flexibility index (Phi) is 7.10. The standard InChI is InChI=1S/C20H26N2O6/c1-22(20(13-21)10-6-5-7-11-20)16(23)12-28-19(24)14-8-9-15(25-2)18(27-4)17(14)26-3/h8-9H,5-7,10-12H2,1-4H3. The fourth-order valence-electron chi connectivity index (χ4n) is 3.46. The van der Waals surface area contributed by atoms with E-state index < -0.39 is 24.0 Å². The van der Waals surface area contributed by atoms with E-state index in [9.17, 15) is 14.9 Å². The quantitative estimate of drug-likeness (QED) is 0.660. The molecule has 0 heterocycles. The topological polar surface area (TPSA) is 98.1 Å². The lowest BCUT2D eigenvalue weighted by Crippen LogP contribution is -2.51. The summed E-state index contributed by atoms with van der Waals surface area (Å²) in [5.74, 6) is -0.326. The van der Waals surface area contributed by atoms with Crippen molar-refractivity contribution in [2.24, 2.45) is 0 Å². The first-order valence-corrected chi connectivity index (χ1v) is 9.08. The van der Waals surface area contributed by atoms with Gasteiger partial charge in [-0.1, -0.05) is 19.3 Å². The molecule has 0 saturated heterocycles. The first kappa shape index (κ1) is 21.4. The minimum atomic E-state index is -0.831. The van der Waals surface area contributed by atoms with Crippen LogP contribution in [0.15, 0.2) is 12.1 Å². The molecule has 1 amide bonds. The second kappa shape index (κ2) is 9.31. The molecular formula is C20H26N2O6. The number of benzene rings is 1. The zero-order chi connectivity index (χ0) is 20.7. The van der Waals surface area contributed by atoms with Crippen LogP contribution in [0.2, 0.25) is 0 Å². The van der Waals surface area contributed by atoms with Crippen molar-refractivity contribution in [2.45, 2.75) is 37.6 Å². The van der Waals surface area contributed by atoms with Gasteiger partial charge in [0, 0.05) is 7.05 Å². The van der Waals surface area contributed by atoms with Crippen LogP contribution >= 0.6 is 0 Å². The molecule has 1 aromatic rings. The molecule has 1 aromatic carbocycles. The van der Waals surface area contributed by atoms with Gasteiger partial charge in [0.15, 0.2) is 18.1 Å². The molecule has 1 fully saturated rings. The zero-order valence-corrected chi connectivity index (χ0v) is 16.7. The van der Waals surface area contributed by atoms with Crippen LogP contribution in [0.3, 0.4) is 0 Å². The van der Waals surface area contributed by atoms with Crippen molar-refractivity contribution in [1.29, 1.82) is 5.26 Å².